The highest BCUT2D eigenvalue weighted by Crippen LogP contribution is 2.38. The highest BCUT2D eigenvalue weighted by atomic mass is 15.2. The van der Waals surface area contributed by atoms with Gasteiger partial charge in [-0.3, -0.25) is 4.90 Å². The molecule has 0 atom stereocenters. The minimum Gasteiger partial charge on any atom is -0.316 e. The smallest absolute Gasteiger partial charge is 0.00966 e. The van der Waals surface area contributed by atoms with E-state index in [0.717, 1.165) is 6.04 Å². The van der Waals surface area contributed by atoms with Crippen LogP contribution in [0.1, 0.15) is 78.1 Å². The zero-order chi connectivity index (χ0) is 14.3. The summed E-state index contributed by atoms with van der Waals surface area (Å²) in [7, 11) is 0. The van der Waals surface area contributed by atoms with Crippen molar-refractivity contribution in [2.24, 2.45) is 5.41 Å². The lowest BCUT2D eigenvalue weighted by molar-refractivity contribution is 0.120. The van der Waals surface area contributed by atoms with Gasteiger partial charge in [0.2, 0.25) is 0 Å². The Morgan fingerprint density at radius 2 is 1.70 bits per heavy atom. The van der Waals surface area contributed by atoms with Gasteiger partial charge in [-0.15, -0.1) is 0 Å². The number of hydrogen-bond donors (Lipinski definition) is 1. The van der Waals surface area contributed by atoms with E-state index < -0.39 is 0 Å². The zero-order valence-electron chi connectivity index (χ0n) is 13.9. The van der Waals surface area contributed by atoms with Crippen molar-refractivity contribution in [3.63, 3.8) is 0 Å². The molecule has 0 bridgehead atoms. The fourth-order valence-corrected chi connectivity index (χ4v) is 3.95. The second-order valence-corrected chi connectivity index (χ2v) is 7.29. The zero-order valence-corrected chi connectivity index (χ0v) is 13.9. The van der Waals surface area contributed by atoms with Crippen molar-refractivity contribution < 1.29 is 0 Å². The van der Waals surface area contributed by atoms with E-state index in [9.17, 15) is 0 Å². The number of nitrogens with one attached hydrogen (secondary N) is 1. The molecule has 0 aliphatic heterocycles. The molecule has 0 saturated heterocycles. The third kappa shape index (κ3) is 5.04. The summed E-state index contributed by atoms with van der Waals surface area (Å²) in [6.45, 7) is 9.75. The minimum atomic E-state index is 0.573. The van der Waals surface area contributed by atoms with E-state index >= 15 is 0 Å². The lowest BCUT2D eigenvalue weighted by Crippen LogP contribution is -2.45. The first-order valence-corrected chi connectivity index (χ1v) is 9.24. The van der Waals surface area contributed by atoms with E-state index in [4.69, 9.17) is 0 Å². The maximum absolute atomic E-state index is 3.75. The molecule has 2 aliphatic carbocycles. The van der Waals surface area contributed by atoms with E-state index in [1.54, 1.807) is 0 Å². The molecule has 0 amide bonds. The van der Waals surface area contributed by atoms with Crippen molar-refractivity contribution in [1.82, 2.24) is 10.2 Å². The molecule has 2 saturated carbocycles. The summed E-state index contributed by atoms with van der Waals surface area (Å²) in [5, 5.41) is 3.75. The van der Waals surface area contributed by atoms with Gasteiger partial charge in [-0.2, -0.15) is 0 Å². The highest BCUT2D eigenvalue weighted by Gasteiger charge is 2.37. The minimum absolute atomic E-state index is 0.573. The molecule has 2 rings (SSSR count). The molecule has 0 aromatic heterocycles. The quantitative estimate of drug-likeness (QED) is 0.503. The van der Waals surface area contributed by atoms with Crippen LogP contribution >= 0.6 is 0 Å². The lowest BCUT2D eigenvalue weighted by Gasteiger charge is -2.38. The molecule has 0 aromatic carbocycles. The van der Waals surface area contributed by atoms with Gasteiger partial charge in [0, 0.05) is 19.1 Å². The largest absolute Gasteiger partial charge is 0.316 e. The van der Waals surface area contributed by atoms with Crippen molar-refractivity contribution >= 4 is 0 Å². The van der Waals surface area contributed by atoms with E-state index in [1.807, 2.05) is 0 Å². The Kier molecular flexibility index (Phi) is 6.83. The molecular formula is C18H36N2. The van der Waals surface area contributed by atoms with Gasteiger partial charge in [-0.25, -0.2) is 0 Å². The molecular weight excluding hydrogens is 244 g/mol. The molecule has 0 unspecified atom stereocenters. The fourth-order valence-electron chi connectivity index (χ4n) is 3.95. The summed E-state index contributed by atoms with van der Waals surface area (Å²) in [5.41, 5.74) is 0.573. The maximum atomic E-state index is 3.75. The van der Waals surface area contributed by atoms with Gasteiger partial charge in [0.15, 0.2) is 0 Å². The van der Waals surface area contributed by atoms with Gasteiger partial charge in [-0.1, -0.05) is 39.5 Å². The summed E-state index contributed by atoms with van der Waals surface area (Å²) in [5.74, 6) is 0. The van der Waals surface area contributed by atoms with Crippen molar-refractivity contribution in [3.05, 3.63) is 0 Å². The second kappa shape index (κ2) is 8.38. The average Bonchev–Trinajstić information content (AvgIpc) is 3.27. The van der Waals surface area contributed by atoms with Gasteiger partial charge in [0.25, 0.3) is 0 Å². The third-order valence-electron chi connectivity index (χ3n) is 5.20. The van der Waals surface area contributed by atoms with Crippen molar-refractivity contribution in [2.45, 2.75) is 84.1 Å². The van der Waals surface area contributed by atoms with Crippen molar-refractivity contribution in [2.75, 3.05) is 26.2 Å². The van der Waals surface area contributed by atoms with Crippen molar-refractivity contribution in [1.29, 1.82) is 0 Å². The monoisotopic (exact) mass is 280 g/mol. The number of hydrogen-bond acceptors (Lipinski definition) is 2. The maximum Gasteiger partial charge on any atom is 0.00966 e. The summed E-state index contributed by atoms with van der Waals surface area (Å²) in [6, 6.07) is 0.932. The molecule has 2 heteroatoms. The van der Waals surface area contributed by atoms with Crippen LogP contribution in [-0.4, -0.2) is 37.1 Å². The van der Waals surface area contributed by atoms with Crippen LogP contribution in [-0.2, 0) is 0 Å². The number of nitrogens with zero attached hydrogens (tertiary/aromatic N) is 1. The first-order chi connectivity index (χ1) is 9.79. The molecule has 20 heavy (non-hydrogen) atoms. The van der Waals surface area contributed by atoms with Gasteiger partial charge in [0.1, 0.15) is 0 Å². The predicted molar refractivity (Wildman–Crippen MR) is 88.2 cm³/mol. The Hall–Kier alpha value is -0.0800. The van der Waals surface area contributed by atoms with Crippen LogP contribution in [0.25, 0.3) is 0 Å². The molecule has 0 heterocycles. The van der Waals surface area contributed by atoms with Gasteiger partial charge < -0.3 is 5.32 Å². The summed E-state index contributed by atoms with van der Waals surface area (Å²) in [4.78, 5) is 2.83. The predicted octanol–water partition coefficient (Wildman–Crippen LogP) is 4.20. The van der Waals surface area contributed by atoms with Crippen LogP contribution in [0.5, 0.6) is 0 Å². The van der Waals surface area contributed by atoms with E-state index in [0.29, 0.717) is 5.41 Å². The van der Waals surface area contributed by atoms with Crippen molar-refractivity contribution in [3.8, 4) is 0 Å². The summed E-state index contributed by atoms with van der Waals surface area (Å²) in [6.07, 6.45) is 14.2. The van der Waals surface area contributed by atoms with Crippen LogP contribution in [0.2, 0.25) is 0 Å². The normalized spacial score (nSPS) is 22.9. The Morgan fingerprint density at radius 1 is 1.00 bits per heavy atom. The van der Waals surface area contributed by atoms with Crippen LogP contribution in [0.15, 0.2) is 0 Å². The Labute approximate surface area is 126 Å². The highest BCUT2D eigenvalue weighted by molar-refractivity contribution is 4.92. The summed E-state index contributed by atoms with van der Waals surface area (Å²) < 4.78 is 0. The molecule has 118 valence electrons. The Morgan fingerprint density at radius 3 is 2.25 bits per heavy atom. The average molecular weight is 280 g/mol. The van der Waals surface area contributed by atoms with Crippen LogP contribution in [0.4, 0.5) is 0 Å². The summed E-state index contributed by atoms with van der Waals surface area (Å²) >= 11 is 0. The fraction of sp³-hybridized carbons (Fsp3) is 1.00. The van der Waals surface area contributed by atoms with Gasteiger partial charge >= 0.3 is 0 Å². The standard InChI is InChI=1S/C18H36N2/c1-3-13-19-15-18(11-7-5-6-8-12-18)16-20(14-4-2)17-9-10-17/h17,19H,3-16H2,1-2H3. The lowest BCUT2D eigenvalue weighted by atomic mass is 9.79. The molecule has 0 radical (unpaired) electrons. The van der Waals surface area contributed by atoms with Gasteiger partial charge in [-0.05, 0) is 57.0 Å². The molecule has 2 nitrogen and oxygen atoms in total. The molecule has 0 spiro atoms. The molecule has 2 aliphatic rings. The van der Waals surface area contributed by atoms with Crippen LogP contribution < -0.4 is 5.32 Å². The first-order valence-electron chi connectivity index (χ1n) is 9.24. The second-order valence-electron chi connectivity index (χ2n) is 7.29. The first kappa shape index (κ1) is 16.3. The van der Waals surface area contributed by atoms with Crippen LogP contribution in [0.3, 0.4) is 0 Å². The molecule has 2 fully saturated rings. The molecule has 1 N–H and O–H groups in total. The Balaban J connectivity index is 1.95. The SMILES string of the molecule is CCCNCC1(CN(CCC)C2CC2)CCCCCC1. The Bertz CT molecular complexity index is 252. The van der Waals surface area contributed by atoms with E-state index in [-0.39, 0.29) is 0 Å². The van der Waals surface area contributed by atoms with E-state index in [2.05, 4.69) is 24.1 Å². The van der Waals surface area contributed by atoms with E-state index in [1.165, 1.54) is 90.4 Å². The third-order valence-corrected chi connectivity index (χ3v) is 5.20. The topological polar surface area (TPSA) is 15.3 Å². The van der Waals surface area contributed by atoms with Gasteiger partial charge in [0.05, 0.1) is 0 Å². The number of rotatable bonds is 9. The van der Waals surface area contributed by atoms with Crippen LogP contribution in [0, 0.1) is 5.41 Å². The molecule has 0 aromatic rings.